The Labute approximate surface area is 162 Å². The molecule has 2 aromatic rings. The molecule has 0 saturated carbocycles. The number of para-hydroxylation sites is 1. The molecule has 1 atom stereocenters. The third-order valence-electron chi connectivity index (χ3n) is 5.28. The van der Waals surface area contributed by atoms with Crippen LogP contribution >= 0.6 is 0 Å². The largest absolute Gasteiger partial charge is 0.497 e. The number of benzene rings is 2. The van der Waals surface area contributed by atoms with Crippen LogP contribution in [0.4, 0.5) is 0 Å². The lowest BCUT2D eigenvalue weighted by Gasteiger charge is -2.23. The molecule has 2 aromatic carbocycles. The molecule has 3 rings (SSSR count). The summed E-state index contributed by atoms with van der Waals surface area (Å²) in [5, 5.41) is 0. The molecule has 0 N–H and O–H groups in total. The maximum atomic E-state index is 11.7. The molecular weight excluding hydrogens is 338 g/mol. The van der Waals surface area contributed by atoms with Gasteiger partial charge in [0.25, 0.3) is 0 Å². The second kappa shape index (κ2) is 9.45. The van der Waals surface area contributed by atoms with Gasteiger partial charge in [-0.05, 0) is 55.0 Å². The topological polar surface area (TPSA) is 38.8 Å². The summed E-state index contributed by atoms with van der Waals surface area (Å²) in [4.78, 5) is 13.7. The van der Waals surface area contributed by atoms with E-state index in [1.807, 2.05) is 29.2 Å². The highest BCUT2D eigenvalue weighted by atomic mass is 16.5. The normalized spacial score (nSPS) is 16.4. The van der Waals surface area contributed by atoms with Crippen LogP contribution in [-0.4, -0.2) is 37.1 Å². The lowest BCUT2D eigenvalue weighted by atomic mass is 10.0. The van der Waals surface area contributed by atoms with Gasteiger partial charge in [0.1, 0.15) is 11.5 Å². The van der Waals surface area contributed by atoms with E-state index in [0.717, 1.165) is 50.1 Å². The Hall–Kier alpha value is -2.49. The van der Waals surface area contributed by atoms with Gasteiger partial charge in [0.2, 0.25) is 5.91 Å². The van der Waals surface area contributed by atoms with Crippen molar-refractivity contribution in [2.24, 2.45) is 0 Å². The Bertz CT molecular complexity index is 759. The van der Waals surface area contributed by atoms with E-state index in [9.17, 15) is 4.79 Å². The molecule has 1 heterocycles. The molecule has 1 aliphatic heterocycles. The molecule has 1 fully saturated rings. The third-order valence-corrected chi connectivity index (χ3v) is 5.28. The zero-order valence-electron chi connectivity index (χ0n) is 16.3. The van der Waals surface area contributed by atoms with Gasteiger partial charge in [0.15, 0.2) is 0 Å². The van der Waals surface area contributed by atoms with Gasteiger partial charge in [0, 0.05) is 25.9 Å². The molecule has 0 spiro atoms. The first-order valence-electron chi connectivity index (χ1n) is 9.78. The van der Waals surface area contributed by atoms with Gasteiger partial charge in [-0.15, -0.1) is 0 Å². The quantitative estimate of drug-likeness (QED) is 0.700. The van der Waals surface area contributed by atoms with E-state index in [1.54, 1.807) is 14.0 Å². The Balaban J connectivity index is 1.55. The summed E-state index contributed by atoms with van der Waals surface area (Å²) in [5.41, 5.74) is 2.47. The van der Waals surface area contributed by atoms with Crippen LogP contribution in [0.5, 0.6) is 11.5 Å². The predicted molar refractivity (Wildman–Crippen MR) is 107 cm³/mol. The highest BCUT2D eigenvalue weighted by Gasteiger charge is 2.26. The van der Waals surface area contributed by atoms with Gasteiger partial charge in [0.05, 0.1) is 13.7 Å². The van der Waals surface area contributed by atoms with E-state index in [4.69, 9.17) is 9.47 Å². The number of aryl methyl sites for hydroxylation is 2. The first-order valence-corrected chi connectivity index (χ1v) is 9.78. The van der Waals surface area contributed by atoms with E-state index < -0.39 is 0 Å². The van der Waals surface area contributed by atoms with Gasteiger partial charge in [-0.25, -0.2) is 0 Å². The Morgan fingerprint density at radius 1 is 1.15 bits per heavy atom. The zero-order valence-corrected chi connectivity index (χ0v) is 16.3. The number of hydrogen-bond donors (Lipinski definition) is 0. The van der Waals surface area contributed by atoms with Gasteiger partial charge in [-0.2, -0.15) is 0 Å². The minimum absolute atomic E-state index is 0.177. The van der Waals surface area contributed by atoms with E-state index >= 15 is 0 Å². The fourth-order valence-corrected chi connectivity index (χ4v) is 3.81. The molecule has 0 radical (unpaired) electrons. The Morgan fingerprint density at radius 3 is 2.81 bits per heavy atom. The number of likely N-dealkylation sites (tertiary alicyclic amines) is 1. The minimum Gasteiger partial charge on any atom is -0.497 e. The van der Waals surface area contributed by atoms with Crippen molar-refractivity contribution in [3.8, 4) is 11.5 Å². The number of hydrogen-bond acceptors (Lipinski definition) is 3. The number of amides is 1. The highest BCUT2D eigenvalue weighted by molar-refractivity contribution is 5.73. The number of nitrogens with zero attached hydrogens (tertiary/aromatic N) is 1. The average Bonchev–Trinajstić information content (AvgIpc) is 3.16. The van der Waals surface area contributed by atoms with Crippen molar-refractivity contribution >= 4 is 5.91 Å². The average molecular weight is 367 g/mol. The third kappa shape index (κ3) is 5.25. The van der Waals surface area contributed by atoms with Crippen LogP contribution in [0.15, 0.2) is 48.5 Å². The van der Waals surface area contributed by atoms with Gasteiger partial charge in [-0.1, -0.05) is 30.3 Å². The number of carbonyl (C=O) groups is 1. The maximum absolute atomic E-state index is 11.7. The fraction of sp³-hybridized carbons (Fsp3) is 0.435. The summed E-state index contributed by atoms with van der Waals surface area (Å²) in [5.74, 6) is 2.02. The smallest absolute Gasteiger partial charge is 0.219 e. The Kier molecular flexibility index (Phi) is 6.74. The predicted octanol–water partition coefficient (Wildman–Crippen LogP) is 4.26. The first-order chi connectivity index (χ1) is 13.2. The SMILES string of the molecule is COc1cccc(CCc2ccccc2OCCC2CCCN2C(C)=O)c1. The summed E-state index contributed by atoms with van der Waals surface area (Å²) >= 11 is 0. The van der Waals surface area contributed by atoms with Gasteiger partial charge < -0.3 is 14.4 Å². The molecule has 4 heteroatoms. The number of ether oxygens (including phenoxy) is 2. The minimum atomic E-state index is 0.177. The standard InChI is InChI=1S/C23H29NO3/c1-18(25)24-15-6-9-21(24)14-16-27-23-11-4-3-8-20(23)13-12-19-7-5-10-22(17-19)26-2/h3-5,7-8,10-11,17,21H,6,9,12-16H2,1-2H3. The molecular formula is C23H29NO3. The summed E-state index contributed by atoms with van der Waals surface area (Å²) in [6.07, 6.45) is 4.94. The van der Waals surface area contributed by atoms with Crippen LogP contribution in [0, 0.1) is 0 Å². The molecule has 1 amide bonds. The van der Waals surface area contributed by atoms with Crippen LogP contribution in [0.3, 0.4) is 0 Å². The van der Waals surface area contributed by atoms with E-state index in [2.05, 4.69) is 24.3 Å². The molecule has 0 aromatic heterocycles. The van der Waals surface area contributed by atoms with Crippen molar-refractivity contribution in [3.05, 3.63) is 59.7 Å². The molecule has 1 unspecified atom stereocenters. The number of carbonyl (C=O) groups excluding carboxylic acids is 1. The van der Waals surface area contributed by atoms with Crippen LogP contribution in [-0.2, 0) is 17.6 Å². The lowest BCUT2D eigenvalue weighted by Crippen LogP contribution is -2.34. The molecule has 1 aliphatic rings. The Morgan fingerprint density at radius 2 is 2.00 bits per heavy atom. The maximum Gasteiger partial charge on any atom is 0.219 e. The summed E-state index contributed by atoms with van der Waals surface area (Å²) in [6, 6.07) is 16.8. The van der Waals surface area contributed by atoms with Crippen LogP contribution < -0.4 is 9.47 Å². The van der Waals surface area contributed by atoms with Crippen molar-refractivity contribution < 1.29 is 14.3 Å². The van der Waals surface area contributed by atoms with Crippen molar-refractivity contribution in [2.75, 3.05) is 20.3 Å². The molecule has 4 nitrogen and oxygen atoms in total. The van der Waals surface area contributed by atoms with Crippen LogP contribution in [0.1, 0.15) is 37.3 Å². The van der Waals surface area contributed by atoms with Crippen LogP contribution in [0.2, 0.25) is 0 Å². The van der Waals surface area contributed by atoms with Gasteiger partial charge in [-0.3, -0.25) is 4.79 Å². The second-order valence-electron chi connectivity index (χ2n) is 7.10. The molecule has 144 valence electrons. The summed E-state index contributed by atoms with van der Waals surface area (Å²) < 4.78 is 11.4. The van der Waals surface area contributed by atoms with E-state index in [-0.39, 0.29) is 5.91 Å². The monoisotopic (exact) mass is 367 g/mol. The number of rotatable bonds is 8. The van der Waals surface area contributed by atoms with Crippen molar-refractivity contribution in [1.29, 1.82) is 0 Å². The van der Waals surface area contributed by atoms with Gasteiger partial charge >= 0.3 is 0 Å². The first kappa shape index (κ1) is 19.3. The highest BCUT2D eigenvalue weighted by Crippen LogP contribution is 2.24. The van der Waals surface area contributed by atoms with Crippen molar-refractivity contribution in [3.63, 3.8) is 0 Å². The molecule has 0 bridgehead atoms. The lowest BCUT2D eigenvalue weighted by molar-refractivity contribution is -0.129. The van der Waals surface area contributed by atoms with Crippen molar-refractivity contribution in [1.82, 2.24) is 4.90 Å². The van der Waals surface area contributed by atoms with E-state index in [0.29, 0.717) is 12.6 Å². The van der Waals surface area contributed by atoms with Crippen molar-refractivity contribution in [2.45, 2.75) is 45.1 Å². The van der Waals surface area contributed by atoms with E-state index in [1.165, 1.54) is 11.1 Å². The molecule has 27 heavy (non-hydrogen) atoms. The molecule has 1 saturated heterocycles. The fourth-order valence-electron chi connectivity index (χ4n) is 3.81. The summed E-state index contributed by atoms with van der Waals surface area (Å²) in [6.45, 7) is 3.19. The second-order valence-corrected chi connectivity index (χ2v) is 7.10. The number of methoxy groups -OCH3 is 1. The summed E-state index contributed by atoms with van der Waals surface area (Å²) in [7, 11) is 1.69. The molecule has 0 aliphatic carbocycles. The van der Waals surface area contributed by atoms with Crippen LogP contribution in [0.25, 0.3) is 0 Å². The zero-order chi connectivity index (χ0) is 19.1.